The maximum atomic E-state index is 12.4. The van der Waals surface area contributed by atoms with Crippen LogP contribution in [0.3, 0.4) is 0 Å². The molecule has 0 spiro atoms. The molecule has 0 aromatic heterocycles. The SMILES string of the molecule is O[C@@H]1C(F)=CC=C(Br)[C@@H]1O. The summed E-state index contributed by atoms with van der Waals surface area (Å²) in [5, 5.41) is 17.8. The predicted molar refractivity (Wildman–Crippen MR) is 38.2 cm³/mol. The number of rotatable bonds is 0. The van der Waals surface area contributed by atoms with Crippen LogP contribution in [0.4, 0.5) is 4.39 Å². The molecule has 0 aromatic rings. The van der Waals surface area contributed by atoms with Gasteiger partial charge in [-0.1, -0.05) is 15.9 Å². The van der Waals surface area contributed by atoms with Crippen LogP contribution in [0.5, 0.6) is 0 Å². The molecule has 2 nitrogen and oxygen atoms in total. The summed E-state index contributed by atoms with van der Waals surface area (Å²) >= 11 is 2.96. The third-order valence-electron chi connectivity index (χ3n) is 1.27. The van der Waals surface area contributed by atoms with Gasteiger partial charge in [-0.3, -0.25) is 0 Å². The van der Waals surface area contributed by atoms with Crippen molar-refractivity contribution in [2.24, 2.45) is 0 Å². The van der Waals surface area contributed by atoms with Crippen molar-refractivity contribution in [2.75, 3.05) is 0 Å². The highest BCUT2D eigenvalue weighted by molar-refractivity contribution is 9.11. The average Bonchev–Trinajstić information content (AvgIpc) is 1.93. The maximum Gasteiger partial charge on any atom is 0.136 e. The van der Waals surface area contributed by atoms with Crippen LogP contribution in [0, 0.1) is 0 Å². The van der Waals surface area contributed by atoms with Crippen molar-refractivity contribution in [3.8, 4) is 0 Å². The standard InChI is InChI=1S/C6H6BrFO2/c7-3-1-2-4(8)6(10)5(3)9/h1-2,5-6,9-10H/t5-,6+/m0/s1. The van der Waals surface area contributed by atoms with Crippen LogP contribution < -0.4 is 0 Å². The van der Waals surface area contributed by atoms with Crippen LogP contribution in [-0.2, 0) is 0 Å². The normalized spacial score (nSPS) is 33.2. The van der Waals surface area contributed by atoms with Crippen LogP contribution in [0.25, 0.3) is 0 Å². The Morgan fingerprint density at radius 1 is 1.30 bits per heavy atom. The van der Waals surface area contributed by atoms with Gasteiger partial charge in [-0.05, 0) is 12.2 Å². The smallest absolute Gasteiger partial charge is 0.136 e. The zero-order valence-corrected chi connectivity index (χ0v) is 6.55. The molecule has 2 atom stereocenters. The zero-order valence-electron chi connectivity index (χ0n) is 4.96. The molecule has 10 heavy (non-hydrogen) atoms. The fourth-order valence-electron chi connectivity index (χ4n) is 0.658. The van der Waals surface area contributed by atoms with Gasteiger partial charge in [0.05, 0.1) is 0 Å². The summed E-state index contributed by atoms with van der Waals surface area (Å²) < 4.78 is 12.8. The molecule has 0 saturated heterocycles. The summed E-state index contributed by atoms with van der Waals surface area (Å²) in [5.41, 5.74) is 0. The van der Waals surface area contributed by atoms with E-state index in [-0.39, 0.29) is 0 Å². The van der Waals surface area contributed by atoms with E-state index in [1.165, 1.54) is 6.08 Å². The minimum absolute atomic E-state index is 0.390. The van der Waals surface area contributed by atoms with Crippen LogP contribution in [-0.4, -0.2) is 22.4 Å². The monoisotopic (exact) mass is 208 g/mol. The van der Waals surface area contributed by atoms with Gasteiger partial charge in [0.25, 0.3) is 0 Å². The Balaban J connectivity index is 2.86. The third kappa shape index (κ3) is 1.28. The van der Waals surface area contributed by atoms with Gasteiger partial charge in [-0.15, -0.1) is 0 Å². The number of hydrogen-bond donors (Lipinski definition) is 2. The highest BCUT2D eigenvalue weighted by Gasteiger charge is 2.25. The highest BCUT2D eigenvalue weighted by atomic mass is 79.9. The fourth-order valence-corrected chi connectivity index (χ4v) is 1.04. The first kappa shape index (κ1) is 7.91. The number of aliphatic hydroxyl groups is 2. The van der Waals surface area contributed by atoms with E-state index >= 15 is 0 Å². The summed E-state index contributed by atoms with van der Waals surface area (Å²) in [4.78, 5) is 0. The van der Waals surface area contributed by atoms with Crippen LogP contribution >= 0.6 is 15.9 Å². The molecule has 2 N–H and O–H groups in total. The molecular weight excluding hydrogens is 203 g/mol. The first-order valence-electron chi connectivity index (χ1n) is 2.72. The van der Waals surface area contributed by atoms with Gasteiger partial charge >= 0.3 is 0 Å². The minimum Gasteiger partial charge on any atom is -0.385 e. The molecule has 0 fully saturated rings. The molecule has 0 saturated carbocycles. The Labute approximate surface area is 65.8 Å². The molecule has 1 aliphatic carbocycles. The molecule has 1 rings (SSSR count). The van der Waals surface area contributed by atoms with Gasteiger partial charge in [0.2, 0.25) is 0 Å². The molecule has 0 unspecified atom stereocenters. The van der Waals surface area contributed by atoms with Crippen molar-refractivity contribution in [2.45, 2.75) is 12.2 Å². The van der Waals surface area contributed by atoms with E-state index in [9.17, 15) is 4.39 Å². The van der Waals surface area contributed by atoms with E-state index in [0.717, 1.165) is 6.08 Å². The Bertz CT molecular complexity index is 178. The summed E-state index contributed by atoms with van der Waals surface area (Å²) in [6.45, 7) is 0. The Hall–Kier alpha value is -0.190. The first-order valence-corrected chi connectivity index (χ1v) is 3.51. The molecule has 4 heteroatoms. The molecule has 0 radical (unpaired) electrons. The van der Waals surface area contributed by atoms with Crippen molar-refractivity contribution in [3.63, 3.8) is 0 Å². The van der Waals surface area contributed by atoms with Crippen molar-refractivity contribution in [3.05, 3.63) is 22.5 Å². The Morgan fingerprint density at radius 3 is 2.40 bits per heavy atom. The van der Waals surface area contributed by atoms with Gasteiger partial charge in [0.1, 0.15) is 18.0 Å². The van der Waals surface area contributed by atoms with Crippen molar-refractivity contribution >= 4 is 15.9 Å². The molecule has 0 heterocycles. The summed E-state index contributed by atoms with van der Waals surface area (Å²) in [5.74, 6) is -0.712. The molecule has 0 amide bonds. The largest absolute Gasteiger partial charge is 0.385 e. The van der Waals surface area contributed by atoms with Crippen molar-refractivity contribution in [1.29, 1.82) is 0 Å². The lowest BCUT2D eigenvalue weighted by Gasteiger charge is -2.18. The van der Waals surface area contributed by atoms with Crippen LogP contribution in [0.15, 0.2) is 22.5 Å². The number of halogens is 2. The second-order valence-corrected chi connectivity index (χ2v) is 2.91. The molecule has 1 aliphatic rings. The second-order valence-electron chi connectivity index (χ2n) is 1.99. The van der Waals surface area contributed by atoms with E-state index in [0.29, 0.717) is 4.48 Å². The van der Waals surface area contributed by atoms with Crippen molar-refractivity contribution < 1.29 is 14.6 Å². The van der Waals surface area contributed by atoms with Gasteiger partial charge in [0, 0.05) is 4.48 Å². The summed E-state index contributed by atoms with van der Waals surface area (Å²) in [7, 11) is 0. The lowest BCUT2D eigenvalue weighted by molar-refractivity contribution is 0.0549. The number of aliphatic hydroxyl groups excluding tert-OH is 2. The number of hydrogen-bond acceptors (Lipinski definition) is 2. The first-order chi connectivity index (χ1) is 4.63. The van der Waals surface area contributed by atoms with E-state index in [1.807, 2.05) is 0 Å². The molecular formula is C6H6BrFO2. The van der Waals surface area contributed by atoms with Gasteiger partial charge in [-0.2, -0.15) is 0 Å². The summed E-state index contributed by atoms with van der Waals surface area (Å²) in [6, 6.07) is 0. The van der Waals surface area contributed by atoms with E-state index in [2.05, 4.69) is 15.9 Å². The van der Waals surface area contributed by atoms with Gasteiger partial charge in [-0.25, -0.2) is 4.39 Å². The number of allylic oxidation sites excluding steroid dienone is 2. The third-order valence-corrected chi connectivity index (χ3v) is 2.00. The maximum absolute atomic E-state index is 12.4. The highest BCUT2D eigenvalue weighted by Crippen LogP contribution is 2.24. The Morgan fingerprint density at radius 2 is 1.90 bits per heavy atom. The predicted octanol–water partition coefficient (Wildman–Crippen LogP) is 0.854. The topological polar surface area (TPSA) is 40.5 Å². The van der Waals surface area contributed by atoms with Crippen LogP contribution in [0.1, 0.15) is 0 Å². The molecule has 0 aromatic carbocycles. The van der Waals surface area contributed by atoms with E-state index in [4.69, 9.17) is 10.2 Å². The fraction of sp³-hybridized carbons (Fsp3) is 0.333. The average molecular weight is 209 g/mol. The van der Waals surface area contributed by atoms with Crippen LogP contribution in [0.2, 0.25) is 0 Å². The minimum atomic E-state index is -1.42. The second kappa shape index (κ2) is 2.82. The van der Waals surface area contributed by atoms with Gasteiger partial charge in [0.15, 0.2) is 0 Å². The van der Waals surface area contributed by atoms with Gasteiger partial charge < -0.3 is 10.2 Å². The Kier molecular flexibility index (Phi) is 2.23. The lowest BCUT2D eigenvalue weighted by Crippen LogP contribution is -2.28. The zero-order chi connectivity index (χ0) is 7.72. The van der Waals surface area contributed by atoms with Crippen molar-refractivity contribution in [1.82, 2.24) is 0 Å². The van der Waals surface area contributed by atoms with E-state index in [1.54, 1.807) is 0 Å². The quantitative estimate of drug-likeness (QED) is 0.620. The molecule has 0 bridgehead atoms. The van der Waals surface area contributed by atoms with E-state index < -0.39 is 18.0 Å². The summed E-state index contributed by atoms with van der Waals surface area (Å²) in [6.07, 6.45) is -0.0989. The molecule has 56 valence electrons. The molecule has 0 aliphatic heterocycles. The lowest BCUT2D eigenvalue weighted by atomic mass is 10.1.